The molecule has 1 aromatic carbocycles. The van der Waals surface area contributed by atoms with Crippen molar-refractivity contribution in [1.29, 1.82) is 0 Å². The maximum absolute atomic E-state index is 13.7. The van der Waals surface area contributed by atoms with E-state index in [1.807, 2.05) is 0 Å². The summed E-state index contributed by atoms with van der Waals surface area (Å²) >= 11 is 0. The number of alkyl carbamates (subject to hydrolysis) is 1. The van der Waals surface area contributed by atoms with Gasteiger partial charge in [-0.15, -0.1) is 0 Å². The number of halogens is 5. The van der Waals surface area contributed by atoms with Crippen molar-refractivity contribution < 1.29 is 41.0 Å². The Morgan fingerprint density at radius 3 is 2.16 bits per heavy atom. The number of carbonyl (C=O) groups is 2. The second-order valence-electron chi connectivity index (χ2n) is 4.56. The molecule has 1 atom stereocenters. The fourth-order valence-corrected chi connectivity index (χ4v) is 1.74. The summed E-state index contributed by atoms with van der Waals surface area (Å²) in [6, 6.07) is 1.61. The quantitative estimate of drug-likeness (QED) is 0.457. The van der Waals surface area contributed by atoms with Gasteiger partial charge in [-0.1, -0.05) is 0 Å². The van der Waals surface area contributed by atoms with Crippen molar-refractivity contribution in [3.05, 3.63) is 29.8 Å². The van der Waals surface area contributed by atoms with E-state index in [-0.39, 0.29) is 6.61 Å². The van der Waals surface area contributed by atoms with E-state index in [9.17, 15) is 31.5 Å². The number of hydrogen-bond donors (Lipinski definition) is 2. The zero-order valence-electron chi connectivity index (χ0n) is 13.2. The van der Waals surface area contributed by atoms with Gasteiger partial charge in [0.05, 0.1) is 18.9 Å². The molecule has 11 heteroatoms. The summed E-state index contributed by atoms with van der Waals surface area (Å²) in [7, 11) is 0. The normalized spacial score (nSPS) is 13.6. The van der Waals surface area contributed by atoms with Gasteiger partial charge in [-0.2, -0.15) is 13.2 Å². The van der Waals surface area contributed by atoms with Crippen LogP contribution in [0.5, 0.6) is 0 Å². The number of carbonyl (C=O) groups excluding carboxylic acids is 2. The van der Waals surface area contributed by atoms with Crippen LogP contribution < -0.4 is 10.6 Å². The third kappa shape index (κ3) is 4.70. The summed E-state index contributed by atoms with van der Waals surface area (Å²) in [6.07, 6.45) is -7.05. The number of esters is 1. The van der Waals surface area contributed by atoms with Gasteiger partial charge in [-0.3, -0.25) is 5.32 Å². The molecule has 0 aliphatic carbocycles. The molecule has 0 bridgehead atoms. The molecule has 0 spiro atoms. The number of amides is 1. The van der Waals surface area contributed by atoms with E-state index in [0.29, 0.717) is 18.2 Å². The highest BCUT2D eigenvalue weighted by atomic mass is 19.4. The lowest BCUT2D eigenvalue weighted by Gasteiger charge is -2.34. The number of alkyl halides is 3. The van der Waals surface area contributed by atoms with Crippen molar-refractivity contribution in [3.63, 3.8) is 0 Å². The van der Waals surface area contributed by atoms with E-state index in [1.54, 1.807) is 5.32 Å². The van der Waals surface area contributed by atoms with Crippen LogP contribution in [0.2, 0.25) is 0 Å². The molecule has 6 nitrogen and oxygen atoms in total. The second-order valence-corrected chi connectivity index (χ2v) is 4.56. The molecule has 1 rings (SSSR count). The predicted molar refractivity (Wildman–Crippen MR) is 75.6 cm³/mol. The average Bonchev–Trinajstić information content (AvgIpc) is 2.48. The first kappa shape index (κ1) is 20.5. The van der Waals surface area contributed by atoms with Crippen molar-refractivity contribution >= 4 is 17.7 Å². The molecular weight excluding hydrogens is 355 g/mol. The van der Waals surface area contributed by atoms with Crippen LogP contribution in [0.4, 0.5) is 32.4 Å². The van der Waals surface area contributed by atoms with Gasteiger partial charge in [0.25, 0.3) is 0 Å². The zero-order valence-corrected chi connectivity index (χ0v) is 13.2. The lowest BCUT2D eigenvalue weighted by Crippen LogP contribution is -2.69. The van der Waals surface area contributed by atoms with Crippen molar-refractivity contribution in [2.75, 3.05) is 18.5 Å². The Labute approximate surface area is 139 Å². The third-order valence-electron chi connectivity index (χ3n) is 2.83. The van der Waals surface area contributed by atoms with Crippen LogP contribution in [0.3, 0.4) is 0 Å². The first-order chi connectivity index (χ1) is 11.6. The molecule has 2 N–H and O–H groups in total. The summed E-state index contributed by atoms with van der Waals surface area (Å²) in [5.41, 5.74) is -4.72. The van der Waals surface area contributed by atoms with E-state index in [2.05, 4.69) is 9.47 Å². The van der Waals surface area contributed by atoms with E-state index < -0.39 is 47.8 Å². The van der Waals surface area contributed by atoms with E-state index in [1.165, 1.54) is 19.2 Å². The highest BCUT2D eigenvalue weighted by molar-refractivity contribution is 5.89. The molecule has 1 amide bonds. The highest BCUT2D eigenvalue weighted by Gasteiger charge is 2.64. The summed E-state index contributed by atoms with van der Waals surface area (Å²) in [4.78, 5) is 23.5. The van der Waals surface area contributed by atoms with Crippen LogP contribution in [-0.2, 0) is 14.3 Å². The first-order valence-corrected chi connectivity index (χ1v) is 6.99. The number of hydrogen-bond acceptors (Lipinski definition) is 5. The van der Waals surface area contributed by atoms with E-state index in [4.69, 9.17) is 0 Å². The van der Waals surface area contributed by atoms with Crippen molar-refractivity contribution in [3.8, 4) is 0 Å². The molecule has 0 unspecified atom stereocenters. The Morgan fingerprint density at radius 1 is 1.08 bits per heavy atom. The number of ether oxygens (including phenoxy) is 2. The molecule has 1 aromatic rings. The van der Waals surface area contributed by atoms with Crippen LogP contribution in [0.25, 0.3) is 0 Å². The van der Waals surface area contributed by atoms with Crippen molar-refractivity contribution in [1.82, 2.24) is 5.32 Å². The average molecular weight is 370 g/mol. The van der Waals surface area contributed by atoms with E-state index in [0.717, 1.165) is 0 Å². The lowest BCUT2D eigenvalue weighted by atomic mass is 10.1. The molecule has 25 heavy (non-hydrogen) atoms. The minimum atomic E-state index is -5.45. The Kier molecular flexibility index (Phi) is 6.54. The minimum absolute atomic E-state index is 0.284. The number of anilines is 1. The van der Waals surface area contributed by atoms with Crippen LogP contribution in [0, 0.1) is 11.6 Å². The smallest absolute Gasteiger partial charge is 0.442 e. The van der Waals surface area contributed by atoms with Gasteiger partial charge in [0.2, 0.25) is 0 Å². The van der Waals surface area contributed by atoms with Crippen molar-refractivity contribution in [2.45, 2.75) is 25.7 Å². The molecule has 140 valence electrons. The molecule has 0 heterocycles. The third-order valence-corrected chi connectivity index (χ3v) is 2.83. The molecule has 0 aliphatic heterocycles. The number of rotatable bonds is 6. The predicted octanol–water partition coefficient (Wildman–Crippen LogP) is 2.94. The second kappa shape index (κ2) is 7.99. The van der Waals surface area contributed by atoms with Crippen LogP contribution in [0.1, 0.15) is 13.8 Å². The minimum Gasteiger partial charge on any atom is -0.463 e. The monoisotopic (exact) mass is 370 g/mol. The maximum Gasteiger partial charge on any atom is 0.442 e. The molecule has 0 aliphatic rings. The van der Waals surface area contributed by atoms with Gasteiger partial charge >= 0.3 is 23.9 Å². The topological polar surface area (TPSA) is 76.7 Å². The number of nitrogens with one attached hydrogen (secondary N) is 2. The Bertz CT molecular complexity index is 638. The molecular formula is C14H15F5N2O4. The van der Waals surface area contributed by atoms with Gasteiger partial charge in [-0.25, -0.2) is 18.4 Å². The standard InChI is InChI=1S/C14H15F5N2O4/c1-3-24-11(22)13(14(17,18)19,21-12(23)25-4-2)20-10-6-5-8(15)7-9(10)16/h5-7,20H,3-4H2,1-2H3,(H,21,23)/t13-/m1/s1. The summed E-state index contributed by atoms with van der Waals surface area (Å²) in [5, 5.41) is 2.86. The molecule has 0 fully saturated rings. The summed E-state index contributed by atoms with van der Waals surface area (Å²) < 4.78 is 76.2. The maximum atomic E-state index is 13.7. The Hall–Kier alpha value is -2.59. The van der Waals surface area contributed by atoms with Gasteiger partial charge in [0.15, 0.2) is 0 Å². The molecule has 0 saturated heterocycles. The van der Waals surface area contributed by atoms with Crippen molar-refractivity contribution in [2.24, 2.45) is 0 Å². The SMILES string of the molecule is CCOC(=O)N[C@](Nc1ccc(F)cc1F)(C(=O)OCC)C(F)(F)F. The Morgan fingerprint density at radius 2 is 1.68 bits per heavy atom. The van der Waals surface area contributed by atoms with Gasteiger partial charge < -0.3 is 14.8 Å². The van der Waals surface area contributed by atoms with Gasteiger partial charge in [-0.05, 0) is 26.0 Å². The fourth-order valence-electron chi connectivity index (χ4n) is 1.74. The van der Waals surface area contributed by atoms with Gasteiger partial charge in [0.1, 0.15) is 11.6 Å². The van der Waals surface area contributed by atoms with Crippen LogP contribution >= 0.6 is 0 Å². The Balaban J connectivity index is 3.40. The zero-order chi connectivity index (χ0) is 19.3. The first-order valence-electron chi connectivity index (χ1n) is 6.99. The fraction of sp³-hybridized carbons (Fsp3) is 0.429. The van der Waals surface area contributed by atoms with Gasteiger partial charge in [0, 0.05) is 6.07 Å². The summed E-state index contributed by atoms with van der Waals surface area (Å²) in [6.45, 7) is 1.83. The van der Waals surface area contributed by atoms with E-state index >= 15 is 0 Å². The molecule has 0 radical (unpaired) electrons. The van der Waals surface area contributed by atoms with Crippen LogP contribution in [-0.4, -0.2) is 37.1 Å². The largest absolute Gasteiger partial charge is 0.463 e. The molecule has 0 aromatic heterocycles. The van der Waals surface area contributed by atoms with Crippen LogP contribution in [0.15, 0.2) is 18.2 Å². The highest BCUT2D eigenvalue weighted by Crippen LogP contribution is 2.34. The summed E-state index contributed by atoms with van der Waals surface area (Å²) in [5.74, 6) is -4.40. The lowest BCUT2D eigenvalue weighted by molar-refractivity contribution is -0.205. The molecule has 0 saturated carbocycles. The number of benzene rings is 1.